The SMILES string of the molecule is CCc1cc(Nc2ncc(Cl)c(Nc3ccc4nccnc4c3N(C)S(=O)(=O)CC)n2)c(OC)cc1N1CCC(N2CCN(C)CC2)CC1. The van der Waals surface area contributed by atoms with Gasteiger partial charge in [0, 0.05) is 76.5 Å². The van der Waals surface area contributed by atoms with Crippen LogP contribution in [0.15, 0.2) is 42.9 Å². The van der Waals surface area contributed by atoms with E-state index >= 15 is 0 Å². The minimum atomic E-state index is -3.63. The van der Waals surface area contributed by atoms with Crippen molar-refractivity contribution in [2.24, 2.45) is 0 Å². The fourth-order valence-corrected chi connectivity index (χ4v) is 7.64. The number of sulfonamides is 1. The molecule has 0 amide bonds. The van der Waals surface area contributed by atoms with Crippen LogP contribution in [0.5, 0.6) is 5.75 Å². The molecule has 4 aromatic rings. The van der Waals surface area contributed by atoms with E-state index in [0.29, 0.717) is 46.0 Å². The molecule has 0 unspecified atom stereocenters. The van der Waals surface area contributed by atoms with E-state index in [1.807, 2.05) is 0 Å². The fraction of sp³-hybridized carbons (Fsp3) is 0.471. The van der Waals surface area contributed by atoms with Crippen molar-refractivity contribution in [3.8, 4) is 5.75 Å². The van der Waals surface area contributed by atoms with Crippen molar-refractivity contribution in [2.75, 3.05) is 86.1 Å². The van der Waals surface area contributed by atoms with E-state index in [1.165, 1.54) is 35.0 Å². The number of anilines is 6. The van der Waals surface area contributed by atoms with Crippen LogP contribution in [0.4, 0.5) is 34.5 Å². The number of likely N-dealkylation sites (N-methyl/N-ethyl adjacent to an activating group) is 1. The molecule has 0 atom stereocenters. The Balaban J connectivity index is 1.24. The highest BCUT2D eigenvalue weighted by atomic mass is 35.5. The highest BCUT2D eigenvalue weighted by Gasteiger charge is 2.28. The van der Waals surface area contributed by atoms with Crippen LogP contribution in [-0.2, 0) is 16.4 Å². The van der Waals surface area contributed by atoms with E-state index in [4.69, 9.17) is 16.3 Å². The Morgan fingerprint density at radius 2 is 1.71 bits per heavy atom. The molecule has 2 saturated heterocycles. The lowest BCUT2D eigenvalue weighted by atomic mass is 9.99. The molecule has 0 bridgehead atoms. The molecule has 0 radical (unpaired) electrons. The predicted octanol–water partition coefficient (Wildman–Crippen LogP) is 5.13. The number of aryl methyl sites for hydroxylation is 1. The van der Waals surface area contributed by atoms with Crippen LogP contribution in [0.3, 0.4) is 0 Å². The number of benzene rings is 2. The molecule has 49 heavy (non-hydrogen) atoms. The van der Waals surface area contributed by atoms with Crippen LogP contribution in [-0.4, -0.2) is 110 Å². The summed E-state index contributed by atoms with van der Waals surface area (Å²) < 4.78 is 33.0. The number of fused-ring (bicyclic) bond motifs is 1. The Bertz CT molecular complexity index is 1900. The summed E-state index contributed by atoms with van der Waals surface area (Å²) in [6.45, 7) is 10.3. The van der Waals surface area contributed by atoms with E-state index in [0.717, 1.165) is 64.2 Å². The van der Waals surface area contributed by atoms with Crippen molar-refractivity contribution < 1.29 is 13.2 Å². The summed E-state index contributed by atoms with van der Waals surface area (Å²) in [7, 11) is 1.74. The van der Waals surface area contributed by atoms with Gasteiger partial charge in [0.15, 0.2) is 5.82 Å². The lowest BCUT2D eigenvalue weighted by Crippen LogP contribution is -2.52. The largest absolute Gasteiger partial charge is 0.494 e. The van der Waals surface area contributed by atoms with Crippen molar-refractivity contribution in [2.45, 2.75) is 39.2 Å². The number of ether oxygens (including phenoxy) is 1. The number of methoxy groups -OCH3 is 1. The van der Waals surface area contributed by atoms with Crippen LogP contribution in [0.25, 0.3) is 11.0 Å². The number of piperidine rings is 1. The number of piperazine rings is 1. The first-order chi connectivity index (χ1) is 23.6. The number of nitrogens with one attached hydrogen (secondary N) is 2. The normalized spacial score (nSPS) is 16.6. The topological polar surface area (TPSA) is 132 Å². The minimum absolute atomic E-state index is 0.0861. The summed E-state index contributed by atoms with van der Waals surface area (Å²) in [5.41, 5.74) is 4.91. The molecule has 4 heterocycles. The van der Waals surface area contributed by atoms with Gasteiger partial charge >= 0.3 is 0 Å². The summed E-state index contributed by atoms with van der Waals surface area (Å²) in [6.07, 6.45) is 7.74. The van der Waals surface area contributed by atoms with E-state index in [1.54, 1.807) is 32.4 Å². The smallest absolute Gasteiger partial charge is 0.234 e. The molecule has 2 fully saturated rings. The second-order valence-corrected chi connectivity index (χ2v) is 15.2. The Hall–Kier alpha value is -3.98. The van der Waals surface area contributed by atoms with Crippen molar-refractivity contribution in [3.05, 3.63) is 53.4 Å². The molecule has 0 spiro atoms. The lowest BCUT2D eigenvalue weighted by molar-refractivity contribution is 0.0982. The maximum atomic E-state index is 13.0. The van der Waals surface area contributed by atoms with Crippen molar-refractivity contribution >= 4 is 67.2 Å². The Kier molecular flexibility index (Phi) is 10.6. The predicted molar refractivity (Wildman–Crippen MR) is 198 cm³/mol. The molecule has 2 aromatic heterocycles. The third kappa shape index (κ3) is 7.47. The van der Waals surface area contributed by atoms with Crippen molar-refractivity contribution in [1.29, 1.82) is 0 Å². The third-order valence-corrected chi connectivity index (χ3v) is 11.6. The van der Waals surface area contributed by atoms with Gasteiger partial charge in [-0.3, -0.25) is 19.2 Å². The average Bonchev–Trinajstić information content (AvgIpc) is 3.12. The van der Waals surface area contributed by atoms with Gasteiger partial charge in [-0.05, 0) is 57.0 Å². The second-order valence-electron chi connectivity index (χ2n) is 12.5. The maximum absolute atomic E-state index is 13.0. The maximum Gasteiger partial charge on any atom is 0.234 e. The van der Waals surface area contributed by atoms with Crippen molar-refractivity contribution in [3.63, 3.8) is 0 Å². The first-order valence-corrected chi connectivity index (χ1v) is 18.8. The van der Waals surface area contributed by atoms with Gasteiger partial charge in [0.2, 0.25) is 16.0 Å². The molecule has 2 aliphatic rings. The number of halogens is 1. The Morgan fingerprint density at radius 1 is 0.980 bits per heavy atom. The standard InChI is InChI=1S/C34H45ClN10O3S/c1-6-23-20-28(30(48-5)21-29(23)45-14-10-24(11-15-45)44-18-16-42(3)17-19-44)40-34-38-22-25(35)33(41-34)39-27-9-8-26-31(37-13-12-36-26)32(27)43(4)49(46,47)7-2/h8-9,12-13,20-22,24H,6-7,10-11,14-19H2,1-5H3,(H2,38,39,40,41). The molecule has 2 N–H and O–H groups in total. The highest BCUT2D eigenvalue weighted by Crippen LogP contribution is 2.39. The van der Waals surface area contributed by atoms with E-state index in [-0.39, 0.29) is 10.8 Å². The van der Waals surface area contributed by atoms with E-state index < -0.39 is 10.0 Å². The summed E-state index contributed by atoms with van der Waals surface area (Å²) in [5.74, 6) is 1.19. The zero-order valence-electron chi connectivity index (χ0n) is 28.8. The highest BCUT2D eigenvalue weighted by molar-refractivity contribution is 7.92. The monoisotopic (exact) mass is 708 g/mol. The van der Waals surface area contributed by atoms with Crippen LogP contribution in [0, 0.1) is 0 Å². The zero-order chi connectivity index (χ0) is 34.7. The van der Waals surface area contributed by atoms with Gasteiger partial charge in [0.05, 0.1) is 36.0 Å². The van der Waals surface area contributed by atoms with Crippen LogP contribution in [0.2, 0.25) is 5.02 Å². The number of hydrogen-bond acceptors (Lipinski definition) is 12. The van der Waals surface area contributed by atoms with Crippen LogP contribution in [0.1, 0.15) is 32.3 Å². The van der Waals surface area contributed by atoms with Crippen molar-refractivity contribution in [1.82, 2.24) is 29.7 Å². The third-order valence-electron chi connectivity index (χ3n) is 9.60. The number of rotatable bonds is 11. The molecule has 262 valence electrons. The molecule has 13 nitrogen and oxygen atoms in total. The lowest BCUT2D eigenvalue weighted by Gasteiger charge is -2.43. The second kappa shape index (κ2) is 14.9. The number of aromatic nitrogens is 4. The minimum Gasteiger partial charge on any atom is -0.494 e. The summed E-state index contributed by atoms with van der Waals surface area (Å²) >= 11 is 6.59. The number of hydrogen-bond donors (Lipinski definition) is 2. The van der Waals surface area contributed by atoms with Crippen LogP contribution >= 0.6 is 11.6 Å². The summed E-state index contributed by atoms with van der Waals surface area (Å²) in [6, 6.07) is 8.36. The van der Waals surface area contributed by atoms with E-state index in [2.05, 4.69) is 71.4 Å². The molecule has 2 aliphatic heterocycles. The van der Waals surface area contributed by atoms with Gasteiger partial charge in [-0.25, -0.2) is 13.4 Å². The van der Waals surface area contributed by atoms with E-state index in [9.17, 15) is 8.42 Å². The quantitative estimate of drug-likeness (QED) is 0.214. The average molecular weight is 709 g/mol. The Morgan fingerprint density at radius 3 is 2.41 bits per heavy atom. The number of nitrogens with zero attached hydrogens (tertiary/aromatic N) is 8. The Labute approximate surface area is 293 Å². The molecular formula is C34H45ClN10O3S. The first kappa shape index (κ1) is 34.9. The first-order valence-electron chi connectivity index (χ1n) is 16.8. The van der Waals surface area contributed by atoms with Gasteiger partial charge in [-0.2, -0.15) is 4.98 Å². The van der Waals surface area contributed by atoms with Gasteiger partial charge in [0.25, 0.3) is 0 Å². The summed E-state index contributed by atoms with van der Waals surface area (Å²) in [5, 5.41) is 6.82. The van der Waals surface area contributed by atoms with Gasteiger partial charge in [0.1, 0.15) is 22.0 Å². The fourth-order valence-electron chi connectivity index (χ4n) is 6.65. The molecular weight excluding hydrogens is 664 g/mol. The summed E-state index contributed by atoms with van der Waals surface area (Å²) in [4.78, 5) is 25.5. The van der Waals surface area contributed by atoms with Crippen LogP contribution < -0.4 is 24.6 Å². The van der Waals surface area contributed by atoms with Gasteiger partial charge in [-0.1, -0.05) is 18.5 Å². The molecule has 6 rings (SSSR count). The van der Waals surface area contributed by atoms with Gasteiger partial charge in [-0.15, -0.1) is 0 Å². The molecule has 0 aliphatic carbocycles. The molecule has 2 aromatic carbocycles. The molecule has 15 heteroatoms. The molecule has 0 saturated carbocycles. The zero-order valence-corrected chi connectivity index (χ0v) is 30.4. The van der Waals surface area contributed by atoms with Gasteiger partial charge < -0.3 is 25.2 Å².